The van der Waals surface area contributed by atoms with Crippen molar-refractivity contribution in [3.63, 3.8) is 0 Å². The Morgan fingerprint density at radius 1 is 0.667 bits per heavy atom. The third kappa shape index (κ3) is 0.426. The number of hydrogen-bond acceptors (Lipinski definition) is 0. The molecule has 0 aromatic carbocycles. The first-order chi connectivity index (χ1) is 4.45. The first kappa shape index (κ1) is 4.76. The lowest BCUT2D eigenvalue weighted by molar-refractivity contribution is 0.103. The summed E-state index contributed by atoms with van der Waals surface area (Å²) in [5, 5.41) is 0. The van der Waals surface area contributed by atoms with Crippen molar-refractivity contribution in [3.05, 3.63) is 0 Å². The monoisotopic (exact) mass is 122 g/mol. The Bertz CT molecular complexity index is 119. The standard InChI is InChI=1S/C9H14/c1-2-7-5-6(1)8-3-4-9(7)8/h6-9H,1-5H2/t6-,7+,8-,9+. The molecule has 3 aliphatic carbocycles. The van der Waals surface area contributed by atoms with Gasteiger partial charge in [0.25, 0.3) is 0 Å². The lowest BCUT2D eigenvalue weighted by Crippen LogP contribution is -2.31. The Balaban J connectivity index is 1.94. The van der Waals surface area contributed by atoms with E-state index in [4.69, 9.17) is 0 Å². The van der Waals surface area contributed by atoms with Crippen molar-refractivity contribution < 1.29 is 0 Å². The van der Waals surface area contributed by atoms with Crippen LogP contribution in [0.2, 0.25) is 0 Å². The van der Waals surface area contributed by atoms with Gasteiger partial charge in [0, 0.05) is 0 Å². The van der Waals surface area contributed by atoms with Gasteiger partial charge in [-0.15, -0.1) is 0 Å². The number of fused-ring (bicyclic) bond motifs is 5. The van der Waals surface area contributed by atoms with Crippen molar-refractivity contribution in [1.82, 2.24) is 0 Å². The molecule has 0 amide bonds. The van der Waals surface area contributed by atoms with Crippen molar-refractivity contribution >= 4 is 0 Å². The third-order valence-electron chi connectivity index (χ3n) is 4.11. The minimum atomic E-state index is 1.20. The van der Waals surface area contributed by atoms with E-state index in [9.17, 15) is 0 Å². The summed E-state index contributed by atoms with van der Waals surface area (Å²) in [5.41, 5.74) is 0. The lowest BCUT2D eigenvalue weighted by atomic mass is 9.66. The van der Waals surface area contributed by atoms with Crippen molar-refractivity contribution in [3.8, 4) is 0 Å². The van der Waals surface area contributed by atoms with E-state index in [1.807, 2.05) is 0 Å². The highest BCUT2D eigenvalue weighted by atomic mass is 14.6. The normalized spacial score (nSPS) is 61.3. The SMILES string of the molecule is C1C[C@H]2C[C@@H]1[C@H]1CC[C@@H]21. The van der Waals surface area contributed by atoms with E-state index in [1.54, 1.807) is 32.1 Å². The molecule has 0 radical (unpaired) electrons. The molecular formula is C9H14. The highest BCUT2D eigenvalue weighted by molar-refractivity contribution is 5.01. The summed E-state index contributed by atoms with van der Waals surface area (Å²) in [7, 11) is 0. The van der Waals surface area contributed by atoms with E-state index in [1.165, 1.54) is 23.7 Å². The van der Waals surface area contributed by atoms with Gasteiger partial charge in [0.05, 0.1) is 0 Å². The highest BCUT2D eigenvalue weighted by Gasteiger charge is 2.51. The molecule has 0 spiro atoms. The second kappa shape index (κ2) is 1.36. The largest absolute Gasteiger partial charge is 0.0499 e. The van der Waals surface area contributed by atoms with E-state index in [0.717, 1.165) is 0 Å². The molecule has 0 unspecified atom stereocenters. The van der Waals surface area contributed by atoms with Crippen LogP contribution < -0.4 is 0 Å². The summed E-state index contributed by atoms with van der Waals surface area (Å²) >= 11 is 0. The van der Waals surface area contributed by atoms with Gasteiger partial charge in [0.2, 0.25) is 0 Å². The van der Waals surface area contributed by atoms with Crippen LogP contribution in [-0.2, 0) is 0 Å². The van der Waals surface area contributed by atoms with Gasteiger partial charge in [-0.2, -0.15) is 0 Å². The topological polar surface area (TPSA) is 0 Å². The molecule has 3 aliphatic rings. The minimum Gasteiger partial charge on any atom is -0.0499 e. The first-order valence-corrected chi connectivity index (χ1v) is 4.45. The maximum absolute atomic E-state index is 1.62. The second-order valence-electron chi connectivity index (χ2n) is 4.24. The molecule has 0 N–H and O–H groups in total. The summed E-state index contributed by atoms with van der Waals surface area (Å²) in [5.74, 6) is 4.86. The maximum Gasteiger partial charge on any atom is -0.0355 e. The predicted molar refractivity (Wildman–Crippen MR) is 37.0 cm³/mol. The Morgan fingerprint density at radius 2 is 1.22 bits per heavy atom. The summed E-state index contributed by atoms with van der Waals surface area (Å²) in [4.78, 5) is 0. The number of rotatable bonds is 0. The van der Waals surface area contributed by atoms with Gasteiger partial charge in [-0.1, -0.05) is 0 Å². The van der Waals surface area contributed by atoms with Crippen LogP contribution in [0.15, 0.2) is 0 Å². The van der Waals surface area contributed by atoms with Crippen LogP contribution in [0.25, 0.3) is 0 Å². The quantitative estimate of drug-likeness (QED) is 0.463. The van der Waals surface area contributed by atoms with Gasteiger partial charge in [0.15, 0.2) is 0 Å². The molecule has 3 saturated carbocycles. The highest BCUT2D eigenvalue weighted by Crippen LogP contribution is 2.60. The second-order valence-corrected chi connectivity index (χ2v) is 4.24. The van der Waals surface area contributed by atoms with Crippen molar-refractivity contribution in [1.29, 1.82) is 0 Å². The molecule has 50 valence electrons. The van der Waals surface area contributed by atoms with Crippen molar-refractivity contribution in [2.45, 2.75) is 32.1 Å². The molecule has 3 rings (SSSR count). The molecule has 2 bridgehead atoms. The first-order valence-electron chi connectivity index (χ1n) is 4.45. The molecule has 4 atom stereocenters. The van der Waals surface area contributed by atoms with Crippen LogP contribution in [0.4, 0.5) is 0 Å². The van der Waals surface area contributed by atoms with Crippen molar-refractivity contribution in [2.24, 2.45) is 23.7 Å². The van der Waals surface area contributed by atoms with Gasteiger partial charge in [-0.3, -0.25) is 0 Å². The summed E-state index contributed by atoms with van der Waals surface area (Å²) in [6.07, 6.45) is 7.98. The van der Waals surface area contributed by atoms with E-state index in [0.29, 0.717) is 0 Å². The fourth-order valence-electron chi connectivity index (χ4n) is 3.55. The van der Waals surface area contributed by atoms with Gasteiger partial charge in [0.1, 0.15) is 0 Å². The average Bonchev–Trinajstić information content (AvgIpc) is 2.18. The summed E-state index contributed by atoms with van der Waals surface area (Å²) in [6.45, 7) is 0. The molecule has 0 saturated heterocycles. The minimum absolute atomic E-state index is 1.20. The lowest BCUT2D eigenvalue weighted by Gasteiger charge is -2.40. The molecule has 0 aromatic heterocycles. The van der Waals surface area contributed by atoms with E-state index in [2.05, 4.69) is 0 Å². The molecule has 0 heteroatoms. The maximum atomic E-state index is 1.62. The molecule has 0 aromatic rings. The van der Waals surface area contributed by atoms with E-state index >= 15 is 0 Å². The van der Waals surface area contributed by atoms with Gasteiger partial charge in [-0.05, 0) is 55.8 Å². The zero-order valence-corrected chi connectivity index (χ0v) is 5.84. The molecule has 0 nitrogen and oxygen atoms in total. The van der Waals surface area contributed by atoms with E-state index < -0.39 is 0 Å². The molecule has 0 heterocycles. The van der Waals surface area contributed by atoms with Crippen LogP contribution in [0.3, 0.4) is 0 Å². The number of hydrogen-bond donors (Lipinski definition) is 0. The summed E-state index contributed by atoms with van der Waals surface area (Å²) in [6, 6.07) is 0. The molecule has 3 fully saturated rings. The van der Waals surface area contributed by atoms with Crippen molar-refractivity contribution in [2.75, 3.05) is 0 Å². The van der Waals surface area contributed by atoms with Crippen LogP contribution in [0, 0.1) is 23.7 Å². The van der Waals surface area contributed by atoms with Crippen LogP contribution >= 0.6 is 0 Å². The zero-order valence-electron chi connectivity index (χ0n) is 5.84. The molecule has 0 aliphatic heterocycles. The van der Waals surface area contributed by atoms with E-state index in [-0.39, 0.29) is 0 Å². The fourth-order valence-corrected chi connectivity index (χ4v) is 3.55. The third-order valence-corrected chi connectivity index (χ3v) is 4.11. The Labute approximate surface area is 56.6 Å². The zero-order chi connectivity index (χ0) is 5.84. The van der Waals surface area contributed by atoms with Gasteiger partial charge >= 0.3 is 0 Å². The van der Waals surface area contributed by atoms with Crippen LogP contribution in [0.1, 0.15) is 32.1 Å². The fraction of sp³-hybridized carbons (Fsp3) is 1.00. The molecule has 9 heavy (non-hydrogen) atoms. The Hall–Kier alpha value is 0. The van der Waals surface area contributed by atoms with Gasteiger partial charge < -0.3 is 0 Å². The summed E-state index contributed by atoms with van der Waals surface area (Å²) < 4.78 is 0. The average molecular weight is 122 g/mol. The smallest absolute Gasteiger partial charge is 0.0355 e. The Morgan fingerprint density at radius 3 is 1.56 bits per heavy atom. The van der Waals surface area contributed by atoms with Crippen LogP contribution in [0.5, 0.6) is 0 Å². The van der Waals surface area contributed by atoms with Gasteiger partial charge in [-0.25, -0.2) is 0 Å². The Kier molecular flexibility index (Phi) is 0.717. The predicted octanol–water partition coefficient (Wildman–Crippen LogP) is 2.44. The molecular weight excluding hydrogens is 108 g/mol. The van der Waals surface area contributed by atoms with Crippen LogP contribution in [-0.4, -0.2) is 0 Å².